The topological polar surface area (TPSA) is 12.5 Å². The van der Waals surface area contributed by atoms with Gasteiger partial charge in [-0.25, -0.2) is 0 Å². The van der Waals surface area contributed by atoms with Gasteiger partial charge in [0, 0.05) is 0 Å². The van der Waals surface area contributed by atoms with Crippen LogP contribution in [0.15, 0.2) is 0 Å². The summed E-state index contributed by atoms with van der Waals surface area (Å²) in [6.07, 6.45) is 0. The molecule has 0 radical (unpaired) electrons. The number of hydrogen-bond acceptors (Lipinski definition) is 1. The van der Waals surface area contributed by atoms with Gasteiger partial charge in [0.05, 0.1) is 12.2 Å². The highest BCUT2D eigenvalue weighted by atomic mass is 16.6. The summed E-state index contributed by atoms with van der Waals surface area (Å²) >= 11 is 0. The summed E-state index contributed by atoms with van der Waals surface area (Å²) in [5, 5.41) is 0. The number of hydrogen-bond donors (Lipinski definition) is 0. The number of epoxide rings is 1. The molecule has 46 valence electrons. The summed E-state index contributed by atoms with van der Waals surface area (Å²) in [5.41, 5.74) is 0.250. The van der Waals surface area contributed by atoms with E-state index in [1.807, 2.05) is 0 Å². The van der Waals surface area contributed by atoms with E-state index < -0.39 is 0 Å². The van der Waals surface area contributed by atoms with E-state index in [-0.39, 0.29) is 20.5 Å². The van der Waals surface area contributed by atoms with Crippen LogP contribution in [-0.4, -0.2) is 12.2 Å². The van der Waals surface area contributed by atoms with Gasteiger partial charge in [-0.05, 0) is 13.8 Å². The predicted octanol–water partition coefficient (Wildman–Crippen LogP) is 2.07. The molecule has 0 amide bonds. The number of rotatable bonds is 0. The van der Waals surface area contributed by atoms with Crippen LogP contribution in [0.25, 0.3) is 0 Å². The van der Waals surface area contributed by atoms with Gasteiger partial charge in [-0.15, -0.1) is 0 Å². The van der Waals surface area contributed by atoms with Gasteiger partial charge < -0.3 is 4.74 Å². The Kier molecular flexibility index (Phi) is 3.32. The molecule has 0 aliphatic carbocycles. The van der Waals surface area contributed by atoms with Gasteiger partial charge in [0.1, 0.15) is 0 Å². The van der Waals surface area contributed by atoms with Crippen LogP contribution >= 0.6 is 0 Å². The van der Waals surface area contributed by atoms with Crippen molar-refractivity contribution in [2.75, 3.05) is 6.61 Å². The second kappa shape index (κ2) is 2.31. The molecule has 0 saturated carbocycles. The Hall–Kier alpha value is -0.0400. The fraction of sp³-hybridized carbons (Fsp3) is 1.00. The molecule has 0 unspecified atom stereocenters. The fourth-order valence-corrected chi connectivity index (χ4v) is 0.144. The smallest absolute Gasteiger partial charge is 0.0860 e. The predicted molar refractivity (Wildman–Crippen MR) is 33.5 cm³/mol. The van der Waals surface area contributed by atoms with Crippen LogP contribution in [0.5, 0.6) is 0 Å². The molecule has 1 heterocycles. The molecule has 0 N–H and O–H groups in total. The van der Waals surface area contributed by atoms with E-state index in [9.17, 15) is 0 Å². The average Bonchev–Trinajstić information content (AvgIpc) is 1.76. The van der Waals surface area contributed by atoms with Gasteiger partial charge in [-0.1, -0.05) is 14.9 Å². The van der Waals surface area contributed by atoms with Crippen molar-refractivity contribution in [1.29, 1.82) is 0 Å². The first kappa shape index (κ1) is 10.0. The molecule has 1 heteroatoms. The minimum Gasteiger partial charge on any atom is -0.370 e. The Balaban J connectivity index is 0. The summed E-state index contributed by atoms with van der Waals surface area (Å²) < 4.78 is 4.90. The fourth-order valence-electron chi connectivity index (χ4n) is 0.144. The van der Waals surface area contributed by atoms with E-state index in [0.29, 0.717) is 0 Å². The molecule has 0 spiro atoms. The van der Waals surface area contributed by atoms with Gasteiger partial charge in [-0.3, -0.25) is 0 Å². The largest absolute Gasteiger partial charge is 0.370 e. The SMILES string of the molecule is C.C.CC1(C)CO1. The van der Waals surface area contributed by atoms with Crippen molar-refractivity contribution in [2.45, 2.75) is 34.3 Å². The summed E-state index contributed by atoms with van der Waals surface area (Å²) in [5.74, 6) is 0. The molecular formula is C6H16O. The highest BCUT2D eigenvalue weighted by Gasteiger charge is 2.32. The zero-order valence-corrected chi connectivity index (χ0v) is 3.62. The van der Waals surface area contributed by atoms with Crippen LogP contribution in [0.2, 0.25) is 0 Å². The third-order valence-electron chi connectivity index (χ3n) is 0.722. The van der Waals surface area contributed by atoms with Crippen LogP contribution in [0, 0.1) is 0 Å². The lowest BCUT2D eigenvalue weighted by Gasteiger charge is -1.81. The maximum absolute atomic E-state index is 4.90. The van der Waals surface area contributed by atoms with E-state index >= 15 is 0 Å². The first-order chi connectivity index (χ1) is 2.21. The molecule has 0 bridgehead atoms. The summed E-state index contributed by atoms with van der Waals surface area (Å²) in [4.78, 5) is 0. The van der Waals surface area contributed by atoms with Gasteiger partial charge in [0.2, 0.25) is 0 Å². The quantitative estimate of drug-likeness (QED) is 0.428. The van der Waals surface area contributed by atoms with E-state index in [1.165, 1.54) is 0 Å². The molecule has 0 aromatic heterocycles. The van der Waals surface area contributed by atoms with Crippen molar-refractivity contribution in [1.82, 2.24) is 0 Å². The zero-order valence-electron chi connectivity index (χ0n) is 3.62. The Morgan fingerprint density at radius 2 is 1.43 bits per heavy atom. The van der Waals surface area contributed by atoms with Gasteiger partial charge in [-0.2, -0.15) is 0 Å². The molecule has 0 aromatic rings. The first-order valence-corrected chi connectivity index (χ1v) is 1.85. The summed E-state index contributed by atoms with van der Waals surface area (Å²) in [7, 11) is 0. The van der Waals surface area contributed by atoms with Gasteiger partial charge in [0.25, 0.3) is 0 Å². The minimum atomic E-state index is 0. The monoisotopic (exact) mass is 104 g/mol. The molecule has 0 atom stereocenters. The molecule has 7 heavy (non-hydrogen) atoms. The van der Waals surface area contributed by atoms with Crippen molar-refractivity contribution in [3.8, 4) is 0 Å². The molecule has 1 fully saturated rings. The lowest BCUT2D eigenvalue weighted by molar-refractivity contribution is 0.344. The maximum Gasteiger partial charge on any atom is 0.0860 e. The Morgan fingerprint density at radius 1 is 1.29 bits per heavy atom. The van der Waals surface area contributed by atoms with Gasteiger partial charge in [0.15, 0.2) is 0 Å². The van der Waals surface area contributed by atoms with Crippen LogP contribution in [-0.2, 0) is 4.74 Å². The van der Waals surface area contributed by atoms with Crippen molar-refractivity contribution >= 4 is 0 Å². The van der Waals surface area contributed by atoms with Crippen LogP contribution < -0.4 is 0 Å². The average molecular weight is 104 g/mol. The highest BCUT2D eigenvalue weighted by molar-refractivity contribution is 4.79. The van der Waals surface area contributed by atoms with Crippen molar-refractivity contribution in [3.63, 3.8) is 0 Å². The van der Waals surface area contributed by atoms with Crippen LogP contribution in [0.1, 0.15) is 28.7 Å². The van der Waals surface area contributed by atoms with Crippen molar-refractivity contribution in [3.05, 3.63) is 0 Å². The van der Waals surface area contributed by atoms with Crippen molar-refractivity contribution < 1.29 is 4.74 Å². The zero-order chi connectivity index (χ0) is 3.91. The molecule has 1 aliphatic rings. The number of ether oxygens (including phenoxy) is 1. The summed E-state index contributed by atoms with van der Waals surface area (Å²) in [6.45, 7) is 5.10. The Morgan fingerprint density at radius 3 is 1.43 bits per heavy atom. The normalized spacial score (nSPS) is 21.4. The van der Waals surface area contributed by atoms with Crippen LogP contribution in [0.4, 0.5) is 0 Å². The molecular weight excluding hydrogens is 88.1 g/mol. The third-order valence-corrected chi connectivity index (χ3v) is 0.722. The first-order valence-electron chi connectivity index (χ1n) is 1.85. The molecule has 0 aromatic carbocycles. The Bertz CT molecular complexity index is 42.1. The highest BCUT2D eigenvalue weighted by Crippen LogP contribution is 2.23. The Labute approximate surface area is 46.7 Å². The lowest BCUT2D eigenvalue weighted by atomic mass is 10.3. The minimum absolute atomic E-state index is 0. The van der Waals surface area contributed by atoms with E-state index in [1.54, 1.807) is 0 Å². The second-order valence-electron chi connectivity index (χ2n) is 2.05. The van der Waals surface area contributed by atoms with E-state index in [0.717, 1.165) is 6.61 Å². The molecule has 1 rings (SSSR count). The maximum atomic E-state index is 4.90. The molecule has 1 nitrogen and oxygen atoms in total. The van der Waals surface area contributed by atoms with Crippen LogP contribution in [0.3, 0.4) is 0 Å². The second-order valence-corrected chi connectivity index (χ2v) is 2.05. The van der Waals surface area contributed by atoms with Gasteiger partial charge >= 0.3 is 0 Å². The lowest BCUT2D eigenvalue weighted by Crippen LogP contribution is -1.90. The molecule has 1 aliphatic heterocycles. The van der Waals surface area contributed by atoms with E-state index in [4.69, 9.17) is 4.74 Å². The standard InChI is InChI=1S/C4H8O.2CH4/c1-4(2)3-5-4;;/h3H2,1-2H3;2*1H4. The summed E-state index contributed by atoms with van der Waals surface area (Å²) in [6, 6.07) is 0. The van der Waals surface area contributed by atoms with Crippen molar-refractivity contribution in [2.24, 2.45) is 0 Å². The van der Waals surface area contributed by atoms with E-state index in [2.05, 4.69) is 13.8 Å². The third kappa shape index (κ3) is 3.80. The molecule has 1 saturated heterocycles.